The van der Waals surface area contributed by atoms with Gasteiger partial charge < -0.3 is 9.64 Å². The molecule has 2 aromatic rings. The number of nitrogens with zero attached hydrogens (tertiary/aromatic N) is 2. The Morgan fingerprint density at radius 3 is 2.41 bits per heavy atom. The molecule has 0 spiro atoms. The van der Waals surface area contributed by atoms with Gasteiger partial charge in [0, 0.05) is 13.6 Å². The van der Waals surface area contributed by atoms with Crippen LogP contribution in [0.4, 0.5) is 18.9 Å². The SMILES string of the molecule is CCN(C)C=Nc1cc(C)c(C(=O)OCc2ccc(C)c(C(F)(F)F)c2)cc1C. The van der Waals surface area contributed by atoms with Crippen LogP contribution in [0, 0.1) is 20.8 Å². The Bertz CT molecular complexity index is 921. The molecule has 0 aliphatic rings. The lowest BCUT2D eigenvalue weighted by molar-refractivity contribution is -0.138. The smallest absolute Gasteiger partial charge is 0.416 e. The maximum Gasteiger partial charge on any atom is 0.416 e. The van der Waals surface area contributed by atoms with Gasteiger partial charge in [0.05, 0.1) is 23.2 Å². The van der Waals surface area contributed by atoms with Crippen molar-refractivity contribution in [2.75, 3.05) is 13.6 Å². The Hall–Kier alpha value is -2.83. The molecule has 0 saturated carbocycles. The fourth-order valence-corrected chi connectivity index (χ4v) is 2.69. The summed E-state index contributed by atoms with van der Waals surface area (Å²) in [5.41, 5.74) is 2.29. The van der Waals surface area contributed by atoms with Gasteiger partial charge in [-0.1, -0.05) is 12.1 Å². The summed E-state index contributed by atoms with van der Waals surface area (Å²) in [6, 6.07) is 7.40. The van der Waals surface area contributed by atoms with E-state index >= 15 is 0 Å². The number of rotatable bonds is 6. The van der Waals surface area contributed by atoms with E-state index in [0.717, 1.165) is 23.9 Å². The third-order valence-corrected chi connectivity index (χ3v) is 4.63. The molecule has 0 unspecified atom stereocenters. The highest BCUT2D eigenvalue weighted by Crippen LogP contribution is 2.32. The van der Waals surface area contributed by atoms with Crippen molar-refractivity contribution in [2.24, 2.45) is 4.99 Å². The molecular formula is C22H25F3N2O2. The first-order chi connectivity index (χ1) is 13.5. The highest BCUT2D eigenvalue weighted by atomic mass is 19.4. The number of hydrogen-bond acceptors (Lipinski definition) is 3. The van der Waals surface area contributed by atoms with Crippen molar-refractivity contribution in [1.29, 1.82) is 0 Å². The lowest BCUT2D eigenvalue weighted by atomic mass is 10.0. The third-order valence-electron chi connectivity index (χ3n) is 4.63. The lowest BCUT2D eigenvalue weighted by Crippen LogP contribution is -2.14. The van der Waals surface area contributed by atoms with Gasteiger partial charge in [0.25, 0.3) is 0 Å². The first kappa shape index (κ1) is 22.5. The number of ether oxygens (including phenoxy) is 1. The van der Waals surface area contributed by atoms with E-state index in [9.17, 15) is 18.0 Å². The molecule has 4 nitrogen and oxygen atoms in total. The van der Waals surface area contributed by atoms with Gasteiger partial charge in [-0.25, -0.2) is 9.79 Å². The first-order valence-corrected chi connectivity index (χ1v) is 9.22. The summed E-state index contributed by atoms with van der Waals surface area (Å²) in [6.07, 6.45) is -2.73. The van der Waals surface area contributed by atoms with Crippen LogP contribution < -0.4 is 0 Å². The van der Waals surface area contributed by atoms with E-state index in [2.05, 4.69) is 4.99 Å². The molecule has 0 radical (unpaired) electrons. The summed E-state index contributed by atoms with van der Waals surface area (Å²) in [4.78, 5) is 18.8. The van der Waals surface area contributed by atoms with Gasteiger partial charge in [0.15, 0.2) is 0 Å². The zero-order valence-electron chi connectivity index (χ0n) is 17.2. The number of benzene rings is 2. The van der Waals surface area contributed by atoms with Gasteiger partial charge in [0.2, 0.25) is 0 Å². The highest BCUT2D eigenvalue weighted by molar-refractivity contribution is 5.92. The van der Waals surface area contributed by atoms with Crippen LogP contribution in [0.15, 0.2) is 35.3 Å². The molecule has 0 aromatic heterocycles. The zero-order valence-corrected chi connectivity index (χ0v) is 17.2. The van der Waals surface area contributed by atoms with E-state index in [4.69, 9.17) is 4.74 Å². The minimum atomic E-state index is -4.44. The largest absolute Gasteiger partial charge is 0.457 e. The number of hydrogen-bond donors (Lipinski definition) is 0. The predicted octanol–water partition coefficient (Wildman–Crippen LogP) is 5.60. The normalized spacial score (nSPS) is 11.7. The molecule has 0 bridgehead atoms. The van der Waals surface area contributed by atoms with Crippen LogP contribution in [-0.2, 0) is 17.5 Å². The lowest BCUT2D eigenvalue weighted by Gasteiger charge is -2.13. The minimum Gasteiger partial charge on any atom is -0.457 e. The van der Waals surface area contributed by atoms with Crippen LogP contribution in [0.5, 0.6) is 0 Å². The number of aliphatic imine (C=N–C) groups is 1. The molecule has 0 aliphatic heterocycles. The fraction of sp³-hybridized carbons (Fsp3) is 0.364. The Morgan fingerprint density at radius 2 is 1.79 bits per heavy atom. The Kier molecular flexibility index (Phi) is 7.06. The maximum atomic E-state index is 13.0. The van der Waals surface area contributed by atoms with Gasteiger partial charge in [-0.05, 0) is 68.1 Å². The molecule has 0 fully saturated rings. The highest BCUT2D eigenvalue weighted by Gasteiger charge is 2.32. The average molecular weight is 406 g/mol. The van der Waals surface area contributed by atoms with Crippen molar-refractivity contribution in [1.82, 2.24) is 4.90 Å². The Morgan fingerprint density at radius 1 is 1.10 bits per heavy atom. The van der Waals surface area contributed by atoms with Crippen molar-refractivity contribution >= 4 is 18.0 Å². The van der Waals surface area contributed by atoms with Crippen LogP contribution in [0.25, 0.3) is 0 Å². The molecule has 7 heteroatoms. The van der Waals surface area contributed by atoms with Crippen molar-refractivity contribution in [3.05, 3.63) is 63.7 Å². The quantitative estimate of drug-likeness (QED) is 0.356. The molecule has 0 atom stereocenters. The van der Waals surface area contributed by atoms with E-state index in [1.165, 1.54) is 19.1 Å². The van der Waals surface area contributed by atoms with E-state index in [-0.39, 0.29) is 17.7 Å². The summed E-state index contributed by atoms with van der Waals surface area (Å²) in [5.74, 6) is -0.582. The number of carbonyl (C=O) groups excluding carboxylic acids is 1. The number of alkyl halides is 3. The minimum absolute atomic E-state index is 0.129. The Labute approximate surface area is 169 Å². The number of carbonyl (C=O) groups is 1. The summed E-state index contributed by atoms with van der Waals surface area (Å²) in [6.45, 7) is 7.60. The molecule has 0 heterocycles. The van der Waals surface area contributed by atoms with E-state index < -0.39 is 17.7 Å². The molecule has 0 amide bonds. The van der Waals surface area contributed by atoms with Gasteiger partial charge in [-0.15, -0.1) is 0 Å². The molecule has 156 valence electrons. The van der Waals surface area contributed by atoms with E-state index in [1.807, 2.05) is 25.8 Å². The monoisotopic (exact) mass is 406 g/mol. The third kappa shape index (κ3) is 5.82. The number of aryl methyl sites for hydroxylation is 3. The number of halogens is 3. The van der Waals surface area contributed by atoms with Crippen molar-refractivity contribution in [3.63, 3.8) is 0 Å². The van der Waals surface area contributed by atoms with E-state index in [1.54, 1.807) is 25.4 Å². The van der Waals surface area contributed by atoms with Gasteiger partial charge >= 0.3 is 12.1 Å². The van der Waals surface area contributed by atoms with Crippen LogP contribution in [0.3, 0.4) is 0 Å². The van der Waals surface area contributed by atoms with Crippen LogP contribution in [0.1, 0.15) is 45.1 Å². The average Bonchev–Trinajstić information content (AvgIpc) is 2.66. The second kappa shape index (κ2) is 9.11. The van der Waals surface area contributed by atoms with Gasteiger partial charge in [-0.3, -0.25) is 0 Å². The van der Waals surface area contributed by atoms with Crippen LogP contribution >= 0.6 is 0 Å². The summed E-state index contributed by atoms with van der Waals surface area (Å²) < 4.78 is 44.4. The van der Waals surface area contributed by atoms with Gasteiger partial charge in [-0.2, -0.15) is 13.2 Å². The van der Waals surface area contributed by atoms with Crippen molar-refractivity contribution in [3.8, 4) is 0 Å². The predicted molar refractivity (Wildman–Crippen MR) is 108 cm³/mol. The topological polar surface area (TPSA) is 41.9 Å². The summed E-state index contributed by atoms with van der Waals surface area (Å²) in [7, 11) is 1.91. The first-order valence-electron chi connectivity index (χ1n) is 9.22. The zero-order chi connectivity index (χ0) is 21.8. The van der Waals surface area contributed by atoms with Gasteiger partial charge in [0.1, 0.15) is 6.61 Å². The molecule has 29 heavy (non-hydrogen) atoms. The molecule has 0 N–H and O–H groups in total. The molecule has 0 aliphatic carbocycles. The second-order valence-electron chi connectivity index (χ2n) is 6.99. The number of esters is 1. The molecular weight excluding hydrogens is 381 g/mol. The fourth-order valence-electron chi connectivity index (χ4n) is 2.69. The second-order valence-corrected chi connectivity index (χ2v) is 6.99. The summed E-state index contributed by atoms with van der Waals surface area (Å²) in [5, 5.41) is 0. The molecule has 0 saturated heterocycles. The standard InChI is InChI=1S/C22H25F3N2O2/c1-6-27(5)13-26-20-10-15(3)18(9-16(20)4)21(28)29-12-17-8-7-14(2)19(11-17)22(23,24)25/h7-11,13H,6,12H2,1-5H3. The van der Waals surface area contributed by atoms with E-state index in [0.29, 0.717) is 11.1 Å². The van der Waals surface area contributed by atoms with Crippen molar-refractivity contribution < 1.29 is 22.7 Å². The summed E-state index contributed by atoms with van der Waals surface area (Å²) >= 11 is 0. The molecule has 2 aromatic carbocycles. The van der Waals surface area contributed by atoms with Crippen LogP contribution in [0.2, 0.25) is 0 Å². The maximum absolute atomic E-state index is 13.0. The molecule has 2 rings (SSSR count). The Balaban J connectivity index is 2.16. The van der Waals surface area contributed by atoms with Crippen molar-refractivity contribution in [2.45, 2.75) is 40.5 Å². The van der Waals surface area contributed by atoms with Crippen LogP contribution in [-0.4, -0.2) is 30.8 Å².